The molecule has 3 nitrogen and oxygen atoms in total. The Labute approximate surface area is 126 Å². The van der Waals surface area contributed by atoms with Crippen molar-refractivity contribution >= 4 is 17.2 Å². The summed E-state index contributed by atoms with van der Waals surface area (Å²) in [6.45, 7) is 6.87. The molecule has 4 heteroatoms. The molecule has 0 aromatic carbocycles. The quantitative estimate of drug-likeness (QED) is 0.905. The van der Waals surface area contributed by atoms with E-state index in [9.17, 15) is 4.79 Å². The van der Waals surface area contributed by atoms with Crippen LogP contribution in [0.2, 0.25) is 0 Å². The number of fused-ring (bicyclic) bond motifs is 1. The number of nitrogens with zero attached hydrogens (tertiary/aromatic N) is 1. The van der Waals surface area contributed by atoms with Crippen LogP contribution in [0.15, 0.2) is 6.07 Å². The van der Waals surface area contributed by atoms with Crippen LogP contribution >= 0.6 is 11.3 Å². The zero-order chi connectivity index (χ0) is 14.7. The SMILES string of the molecule is CCN(C)C(=O)C(C)NC(C)c1cc2c(s1)CCCC2. The molecule has 112 valence electrons. The minimum absolute atomic E-state index is 0.130. The number of amides is 1. The van der Waals surface area contributed by atoms with Crippen molar-refractivity contribution in [1.29, 1.82) is 0 Å². The molecule has 1 aliphatic rings. The molecule has 0 aliphatic heterocycles. The largest absolute Gasteiger partial charge is 0.345 e. The number of aryl methyl sites for hydroxylation is 2. The van der Waals surface area contributed by atoms with E-state index in [2.05, 4.69) is 18.3 Å². The summed E-state index contributed by atoms with van der Waals surface area (Å²) in [7, 11) is 1.86. The Balaban J connectivity index is 1.99. The normalized spacial score (nSPS) is 17.4. The average Bonchev–Trinajstić information content (AvgIpc) is 2.89. The van der Waals surface area contributed by atoms with E-state index in [1.807, 2.05) is 32.2 Å². The van der Waals surface area contributed by atoms with Gasteiger partial charge in [0, 0.05) is 29.4 Å². The highest BCUT2D eigenvalue weighted by Crippen LogP contribution is 2.32. The van der Waals surface area contributed by atoms with Crippen molar-refractivity contribution in [3.63, 3.8) is 0 Å². The third kappa shape index (κ3) is 3.41. The lowest BCUT2D eigenvalue weighted by atomic mass is 9.99. The Bertz CT molecular complexity index is 446. The fourth-order valence-corrected chi connectivity index (χ4v) is 4.01. The molecule has 2 unspecified atom stereocenters. The lowest BCUT2D eigenvalue weighted by molar-refractivity contribution is -0.131. The Morgan fingerprint density at radius 1 is 1.40 bits per heavy atom. The number of carbonyl (C=O) groups excluding carboxylic acids is 1. The third-order valence-electron chi connectivity index (χ3n) is 4.16. The zero-order valence-electron chi connectivity index (χ0n) is 13.0. The molecule has 0 saturated carbocycles. The molecule has 0 radical (unpaired) electrons. The first-order valence-electron chi connectivity index (χ1n) is 7.65. The molecular formula is C16H26N2OS. The minimum Gasteiger partial charge on any atom is -0.345 e. The van der Waals surface area contributed by atoms with Crippen LogP contribution in [0.1, 0.15) is 55.0 Å². The first kappa shape index (κ1) is 15.5. The van der Waals surface area contributed by atoms with Gasteiger partial charge in [-0.3, -0.25) is 10.1 Å². The molecule has 2 rings (SSSR count). The molecule has 0 saturated heterocycles. The molecule has 1 heterocycles. The Kier molecular flexibility index (Phi) is 5.22. The van der Waals surface area contributed by atoms with E-state index < -0.39 is 0 Å². The van der Waals surface area contributed by atoms with Crippen LogP contribution < -0.4 is 5.32 Å². The summed E-state index contributed by atoms with van der Waals surface area (Å²) >= 11 is 1.92. The molecule has 1 aliphatic carbocycles. The predicted octanol–water partition coefficient (Wildman–Crippen LogP) is 3.14. The maximum atomic E-state index is 12.1. The van der Waals surface area contributed by atoms with E-state index in [0.717, 1.165) is 6.54 Å². The van der Waals surface area contributed by atoms with Crippen molar-refractivity contribution in [2.24, 2.45) is 0 Å². The van der Waals surface area contributed by atoms with Crippen molar-refractivity contribution in [2.75, 3.05) is 13.6 Å². The Hall–Kier alpha value is -0.870. The molecule has 1 N–H and O–H groups in total. The third-order valence-corrected chi connectivity index (χ3v) is 5.58. The van der Waals surface area contributed by atoms with E-state index in [1.54, 1.807) is 9.78 Å². The van der Waals surface area contributed by atoms with Crippen LogP contribution in [0.5, 0.6) is 0 Å². The minimum atomic E-state index is -0.130. The summed E-state index contributed by atoms with van der Waals surface area (Å²) in [5, 5.41) is 3.44. The van der Waals surface area contributed by atoms with Crippen LogP contribution in [-0.2, 0) is 17.6 Å². The standard InChI is InChI=1S/C16H26N2OS/c1-5-18(4)16(19)12(3)17-11(2)15-10-13-8-6-7-9-14(13)20-15/h10-12,17H,5-9H2,1-4H3. The number of rotatable bonds is 5. The first-order chi connectivity index (χ1) is 9.52. The second-order valence-electron chi connectivity index (χ2n) is 5.77. The van der Waals surface area contributed by atoms with Gasteiger partial charge in [0.25, 0.3) is 0 Å². The lowest BCUT2D eigenvalue weighted by Gasteiger charge is -2.23. The van der Waals surface area contributed by atoms with Crippen molar-refractivity contribution in [3.05, 3.63) is 21.4 Å². The van der Waals surface area contributed by atoms with E-state index in [0.29, 0.717) is 0 Å². The monoisotopic (exact) mass is 294 g/mol. The van der Waals surface area contributed by atoms with Crippen molar-refractivity contribution in [2.45, 2.75) is 58.5 Å². The van der Waals surface area contributed by atoms with E-state index in [1.165, 1.54) is 36.1 Å². The van der Waals surface area contributed by atoms with Crippen molar-refractivity contribution in [1.82, 2.24) is 10.2 Å². The summed E-state index contributed by atoms with van der Waals surface area (Å²) in [6.07, 6.45) is 5.11. The average molecular weight is 294 g/mol. The van der Waals surface area contributed by atoms with Gasteiger partial charge >= 0.3 is 0 Å². The van der Waals surface area contributed by atoms with Crippen LogP contribution in [0.4, 0.5) is 0 Å². The fraction of sp³-hybridized carbons (Fsp3) is 0.688. The molecule has 20 heavy (non-hydrogen) atoms. The molecule has 0 bridgehead atoms. The number of thiophene rings is 1. The molecule has 0 spiro atoms. The molecule has 2 atom stereocenters. The smallest absolute Gasteiger partial charge is 0.239 e. The number of nitrogens with one attached hydrogen (secondary N) is 1. The number of hydrogen-bond acceptors (Lipinski definition) is 3. The highest BCUT2D eigenvalue weighted by atomic mass is 32.1. The second-order valence-corrected chi connectivity index (χ2v) is 6.94. The number of carbonyl (C=O) groups is 1. The highest BCUT2D eigenvalue weighted by Gasteiger charge is 2.21. The predicted molar refractivity (Wildman–Crippen MR) is 85.3 cm³/mol. The van der Waals surface area contributed by atoms with Gasteiger partial charge in [0.15, 0.2) is 0 Å². The number of hydrogen-bond donors (Lipinski definition) is 1. The van der Waals surface area contributed by atoms with Gasteiger partial charge in [0.1, 0.15) is 0 Å². The summed E-state index contributed by atoms with van der Waals surface area (Å²) in [5.41, 5.74) is 1.54. The summed E-state index contributed by atoms with van der Waals surface area (Å²) in [4.78, 5) is 16.8. The Morgan fingerprint density at radius 2 is 2.10 bits per heavy atom. The van der Waals surface area contributed by atoms with Crippen molar-refractivity contribution < 1.29 is 4.79 Å². The van der Waals surface area contributed by atoms with E-state index in [-0.39, 0.29) is 18.0 Å². The molecule has 1 aromatic heterocycles. The van der Waals surface area contributed by atoms with Gasteiger partial charge in [-0.1, -0.05) is 0 Å². The summed E-state index contributed by atoms with van der Waals surface area (Å²) in [5.74, 6) is 0.167. The molecular weight excluding hydrogens is 268 g/mol. The first-order valence-corrected chi connectivity index (χ1v) is 8.47. The second kappa shape index (κ2) is 6.72. The number of likely N-dealkylation sites (N-methyl/N-ethyl adjacent to an activating group) is 1. The van der Waals surface area contributed by atoms with Gasteiger partial charge in [-0.05, 0) is 58.1 Å². The zero-order valence-corrected chi connectivity index (χ0v) is 13.8. The van der Waals surface area contributed by atoms with Crippen LogP contribution in [0.25, 0.3) is 0 Å². The molecule has 0 fully saturated rings. The van der Waals surface area contributed by atoms with Gasteiger partial charge in [-0.25, -0.2) is 0 Å². The van der Waals surface area contributed by atoms with E-state index >= 15 is 0 Å². The van der Waals surface area contributed by atoms with Gasteiger partial charge in [0.05, 0.1) is 6.04 Å². The lowest BCUT2D eigenvalue weighted by Crippen LogP contribution is -2.43. The maximum Gasteiger partial charge on any atom is 0.239 e. The van der Waals surface area contributed by atoms with E-state index in [4.69, 9.17) is 0 Å². The fourth-order valence-electron chi connectivity index (χ4n) is 2.74. The van der Waals surface area contributed by atoms with Crippen LogP contribution in [0, 0.1) is 0 Å². The van der Waals surface area contributed by atoms with Gasteiger partial charge in [-0.15, -0.1) is 11.3 Å². The maximum absolute atomic E-state index is 12.1. The Morgan fingerprint density at radius 3 is 2.75 bits per heavy atom. The van der Waals surface area contributed by atoms with Crippen LogP contribution in [-0.4, -0.2) is 30.4 Å². The van der Waals surface area contributed by atoms with Gasteiger partial charge < -0.3 is 4.90 Å². The summed E-state index contributed by atoms with van der Waals surface area (Å²) in [6, 6.07) is 2.46. The molecule has 1 aromatic rings. The highest BCUT2D eigenvalue weighted by molar-refractivity contribution is 7.12. The van der Waals surface area contributed by atoms with Gasteiger partial charge in [-0.2, -0.15) is 0 Å². The summed E-state index contributed by atoms with van der Waals surface area (Å²) < 4.78 is 0. The van der Waals surface area contributed by atoms with Crippen LogP contribution in [0.3, 0.4) is 0 Å². The van der Waals surface area contributed by atoms with Crippen molar-refractivity contribution in [3.8, 4) is 0 Å². The van der Waals surface area contributed by atoms with Gasteiger partial charge in [0.2, 0.25) is 5.91 Å². The molecule has 1 amide bonds. The topological polar surface area (TPSA) is 32.3 Å².